The average molecular weight is 202 g/mol. The summed E-state index contributed by atoms with van der Waals surface area (Å²) in [6.07, 6.45) is 3.49. The molecule has 76 valence electrons. The molecule has 0 radical (unpaired) electrons. The third kappa shape index (κ3) is 2.13. The summed E-state index contributed by atoms with van der Waals surface area (Å²) in [6, 6.07) is 10.2. The van der Waals surface area contributed by atoms with Gasteiger partial charge in [-0.05, 0) is 36.4 Å². The van der Waals surface area contributed by atoms with E-state index in [1.807, 2.05) is 24.1 Å². The number of rotatable bonds is 2. The Morgan fingerprint density at radius 1 is 1.07 bits per heavy atom. The summed E-state index contributed by atoms with van der Waals surface area (Å²) < 4.78 is 12.7. The van der Waals surface area contributed by atoms with Crippen molar-refractivity contribution in [1.29, 1.82) is 0 Å². The summed E-state index contributed by atoms with van der Waals surface area (Å²) in [7, 11) is 1.92. The second kappa shape index (κ2) is 4.09. The van der Waals surface area contributed by atoms with E-state index in [1.165, 1.54) is 12.1 Å². The number of hydrogen-bond acceptors (Lipinski definition) is 2. The van der Waals surface area contributed by atoms with Gasteiger partial charge in [0.1, 0.15) is 5.82 Å². The van der Waals surface area contributed by atoms with Crippen LogP contribution in [0, 0.1) is 5.82 Å². The number of halogens is 1. The number of aromatic nitrogens is 1. The lowest BCUT2D eigenvalue weighted by atomic mass is 10.2. The van der Waals surface area contributed by atoms with Gasteiger partial charge in [0, 0.05) is 18.9 Å². The molecule has 3 heteroatoms. The summed E-state index contributed by atoms with van der Waals surface area (Å²) in [6.45, 7) is 0. The van der Waals surface area contributed by atoms with Crippen molar-refractivity contribution in [1.82, 2.24) is 4.98 Å². The molecular weight excluding hydrogens is 191 g/mol. The Kier molecular flexibility index (Phi) is 2.63. The Morgan fingerprint density at radius 3 is 2.40 bits per heavy atom. The lowest BCUT2D eigenvalue weighted by Crippen LogP contribution is -2.09. The molecule has 2 aromatic rings. The van der Waals surface area contributed by atoms with E-state index in [0.29, 0.717) is 0 Å². The first kappa shape index (κ1) is 9.65. The molecule has 2 rings (SSSR count). The molecule has 0 N–H and O–H groups in total. The van der Waals surface area contributed by atoms with E-state index in [-0.39, 0.29) is 5.82 Å². The highest BCUT2D eigenvalue weighted by molar-refractivity contribution is 5.61. The number of hydrogen-bond donors (Lipinski definition) is 0. The Balaban J connectivity index is 2.29. The van der Waals surface area contributed by atoms with Crippen molar-refractivity contribution >= 4 is 11.4 Å². The van der Waals surface area contributed by atoms with Gasteiger partial charge in [-0.3, -0.25) is 4.98 Å². The number of anilines is 2. The van der Waals surface area contributed by atoms with E-state index in [1.54, 1.807) is 24.5 Å². The third-order valence-electron chi connectivity index (χ3n) is 2.25. The van der Waals surface area contributed by atoms with Crippen molar-refractivity contribution in [3.05, 3.63) is 54.6 Å². The van der Waals surface area contributed by atoms with Crippen LogP contribution >= 0.6 is 0 Å². The molecule has 0 atom stereocenters. The number of nitrogens with zero attached hydrogens (tertiary/aromatic N) is 2. The molecule has 0 amide bonds. The molecule has 0 unspecified atom stereocenters. The minimum absolute atomic E-state index is 0.224. The van der Waals surface area contributed by atoms with Crippen LogP contribution in [0.5, 0.6) is 0 Å². The van der Waals surface area contributed by atoms with E-state index in [2.05, 4.69) is 4.98 Å². The lowest BCUT2D eigenvalue weighted by Gasteiger charge is -2.18. The summed E-state index contributed by atoms with van der Waals surface area (Å²) >= 11 is 0. The van der Waals surface area contributed by atoms with Crippen molar-refractivity contribution in [2.75, 3.05) is 11.9 Å². The first-order chi connectivity index (χ1) is 7.27. The summed E-state index contributed by atoms with van der Waals surface area (Å²) in [4.78, 5) is 5.98. The minimum atomic E-state index is -0.224. The molecule has 0 saturated heterocycles. The van der Waals surface area contributed by atoms with E-state index in [4.69, 9.17) is 0 Å². The highest BCUT2D eigenvalue weighted by Gasteiger charge is 2.02. The fraction of sp³-hybridized carbons (Fsp3) is 0.0833. The van der Waals surface area contributed by atoms with Crippen molar-refractivity contribution < 1.29 is 4.39 Å². The zero-order valence-electron chi connectivity index (χ0n) is 8.39. The van der Waals surface area contributed by atoms with Crippen molar-refractivity contribution in [2.45, 2.75) is 0 Å². The molecule has 0 spiro atoms. The lowest BCUT2D eigenvalue weighted by molar-refractivity contribution is 0.628. The number of benzene rings is 1. The maximum atomic E-state index is 12.7. The van der Waals surface area contributed by atoms with Crippen LogP contribution in [0.1, 0.15) is 0 Å². The Labute approximate surface area is 88.0 Å². The molecule has 1 heterocycles. The van der Waals surface area contributed by atoms with Gasteiger partial charge >= 0.3 is 0 Å². The van der Waals surface area contributed by atoms with Gasteiger partial charge in [0.05, 0.1) is 11.9 Å². The van der Waals surface area contributed by atoms with Crippen LogP contribution in [-0.4, -0.2) is 12.0 Å². The van der Waals surface area contributed by atoms with Crippen LogP contribution in [-0.2, 0) is 0 Å². The third-order valence-corrected chi connectivity index (χ3v) is 2.25. The molecule has 0 aliphatic carbocycles. The Bertz CT molecular complexity index is 425. The summed E-state index contributed by atoms with van der Waals surface area (Å²) in [5.41, 5.74) is 1.91. The topological polar surface area (TPSA) is 16.1 Å². The second-order valence-electron chi connectivity index (χ2n) is 3.25. The maximum Gasteiger partial charge on any atom is 0.123 e. The predicted octanol–water partition coefficient (Wildman–Crippen LogP) is 2.99. The van der Waals surface area contributed by atoms with Gasteiger partial charge in [-0.25, -0.2) is 4.39 Å². The van der Waals surface area contributed by atoms with Crippen molar-refractivity contribution in [2.24, 2.45) is 0 Å². The monoisotopic (exact) mass is 202 g/mol. The Hall–Kier alpha value is -1.90. The molecule has 0 aliphatic heterocycles. The molecule has 1 aromatic carbocycles. The molecule has 1 aromatic heterocycles. The van der Waals surface area contributed by atoms with Crippen LogP contribution in [0.2, 0.25) is 0 Å². The van der Waals surface area contributed by atoms with E-state index in [9.17, 15) is 4.39 Å². The summed E-state index contributed by atoms with van der Waals surface area (Å²) in [5.74, 6) is -0.224. The highest BCUT2D eigenvalue weighted by atomic mass is 19.1. The SMILES string of the molecule is CN(c1ccc(F)cc1)c1cccnc1. The first-order valence-electron chi connectivity index (χ1n) is 4.67. The zero-order valence-corrected chi connectivity index (χ0v) is 8.39. The van der Waals surface area contributed by atoms with Crippen LogP contribution in [0.15, 0.2) is 48.8 Å². The van der Waals surface area contributed by atoms with Crippen molar-refractivity contribution in [3.8, 4) is 0 Å². The van der Waals surface area contributed by atoms with Crippen LogP contribution in [0.3, 0.4) is 0 Å². The standard InChI is InChI=1S/C12H11FN2/c1-15(12-3-2-8-14-9-12)11-6-4-10(13)5-7-11/h2-9H,1H3. The Morgan fingerprint density at radius 2 is 1.80 bits per heavy atom. The van der Waals surface area contributed by atoms with Gasteiger partial charge in [0.15, 0.2) is 0 Å². The number of pyridine rings is 1. The predicted molar refractivity (Wildman–Crippen MR) is 58.7 cm³/mol. The largest absolute Gasteiger partial charge is 0.343 e. The van der Waals surface area contributed by atoms with Crippen LogP contribution in [0.4, 0.5) is 15.8 Å². The van der Waals surface area contributed by atoms with Crippen molar-refractivity contribution in [3.63, 3.8) is 0 Å². The molecule has 15 heavy (non-hydrogen) atoms. The zero-order chi connectivity index (χ0) is 10.7. The van der Waals surface area contributed by atoms with E-state index in [0.717, 1.165) is 11.4 Å². The van der Waals surface area contributed by atoms with Gasteiger partial charge in [0.2, 0.25) is 0 Å². The fourth-order valence-electron chi connectivity index (χ4n) is 1.37. The second-order valence-corrected chi connectivity index (χ2v) is 3.25. The van der Waals surface area contributed by atoms with Crippen LogP contribution in [0.25, 0.3) is 0 Å². The first-order valence-corrected chi connectivity index (χ1v) is 4.67. The van der Waals surface area contributed by atoms with E-state index >= 15 is 0 Å². The molecule has 0 fully saturated rings. The van der Waals surface area contributed by atoms with Gasteiger partial charge in [-0.2, -0.15) is 0 Å². The minimum Gasteiger partial charge on any atom is -0.343 e. The molecule has 0 aliphatic rings. The van der Waals surface area contributed by atoms with Crippen LogP contribution < -0.4 is 4.90 Å². The molecule has 0 bridgehead atoms. The van der Waals surface area contributed by atoms with Gasteiger partial charge < -0.3 is 4.90 Å². The molecular formula is C12H11FN2. The summed E-state index contributed by atoms with van der Waals surface area (Å²) in [5, 5.41) is 0. The van der Waals surface area contributed by atoms with Gasteiger partial charge in [-0.15, -0.1) is 0 Å². The average Bonchev–Trinajstić information content (AvgIpc) is 2.30. The fourth-order valence-corrected chi connectivity index (χ4v) is 1.37. The van der Waals surface area contributed by atoms with Gasteiger partial charge in [0.25, 0.3) is 0 Å². The quantitative estimate of drug-likeness (QED) is 0.744. The van der Waals surface area contributed by atoms with Gasteiger partial charge in [-0.1, -0.05) is 0 Å². The molecule has 2 nitrogen and oxygen atoms in total. The molecule has 0 saturated carbocycles. The maximum absolute atomic E-state index is 12.7. The normalized spacial score (nSPS) is 10.0. The highest BCUT2D eigenvalue weighted by Crippen LogP contribution is 2.21. The smallest absolute Gasteiger partial charge is 0.123 e. The van der Waals surface area contributed by atoms with E-state index < -0.39 is 0 Å².